The van der Waals surface area contributed by atoms with Gasteiger partial charge in [0.15, 0.2) is 0 Å². The lowest BCUT2D eigenvalue weighted by Crippen LogP contribution is -2.19. The van der Waals surface area contributed by atoms with Crippen LogP contribution < -0.4 is 21.3 Å². The Labute approximate surface area is 119 Å². The first kappa shape index (κ1) is 12.7. The maximum atomic E-state index is 3.30. The van der Waals surface area contributed by atoms with Crippen LogP contribution in [0.5, 0.6) is 0 Å². The number of fused-ring (bicyclic) bond motifs is 2. The predicted octanol–water partition coefficient (Wildman–Crippen LogP) is 3.05. The fourth-order valence-electron chi connectivity index (χ4n) is 2.37. The van der Waals surface area contributed by atoms with E-state index in [0.29, 0.717) is 0 Å². The van der Waals surface area contributed by atoms with E-state index in [4.69, 9.17) is 0 Å². The first-order valence-electron chi connectivity index (χ1n) is 7.07. The van der Waals surface area contributed by atoms with Gasteiger partial charge in [0.05, 0.1) is 22.7 Å². The average molecular weight is 268 g/mol. The van der Waals surface area contributed by atoms with Crippen LogP contribution in [-0.2, 0) is 0 Å². The van der Waals surface area contributed by atoms with Crippen LogP contribution in [0.15, 0.2) is 48.5 Å². The standard InChI is InChI=1S/2C8H10N2/c2*1-2-4-8-7(3-1)9-5-6-10-8/h2*1-4,9-10H,5-6H2. The molecule has 0 aliphatic carbocycles. The van der Waals surface area contributed by atoms with Crippen LogP contribution in [0.2, 0.25) is 0 Å². The van der Waals surface area contributed by atoms with Crippen LogP contribution in [-0.4, -0.2) is 26.2 Å². The van der Waals surface area contributed by atoms with Gasteiger partial charge in [-0.05, 0) is 24.3 Å². The van der Waals surface area contributed by atoms with Crippen molar-refractivity contribution in [1.29, 1.82) is 0 Å². The summed E-state index contributed by atoms with van der Waals surface area (Å²) in [6, 6.07) is 16.5. The van der Waals surface area contributed by atoms with Crippen molar-refractivity contribution in [2.24, 2.45) is 0 Å². The van der Waals surface area contributed by atoms with Crippen molar-refractivity contribution in [3.8, 4) is 0 Å². The molecule has 2 aromatic rings. The highest BCUT2D eigenvalue weighted by atomic mass is 15.0. The Morgan fingerprint density at radius 2 is 0.700 bits per heavy atom. The molecule has 0 saturated carbocycles. The maximum Gasteiger partial charge on any atom is 0.0576 e. The fraction of sp³-hybridized carbons (Fsp3) is 0.250. The molecule has 4 heteroatoms. The lowest BCUT2D eigenvalue weighted by molar-refractivity contribution is 1.05. The zero-order valence-corrected chi connectivity index (χ0v) is 11.4. The zero-order chi connectivity index (χ0) is 13.6. The van der Waals surface area contributed by atoms with Crippen LogP contribution >= 0.6 is 0 Å². The van der Waals surface area contributed by atoms with Crippen molar-refractivity contribution >= 4 is 22.7 Å². The summed E-state index contributed by atoms with van der Waals surface area (Å²) in [7, 11) is 0. The lowest BCUT2D eigenvalue weighted by Gasteiger charge is -2.18. The van der Waals surface area contributed by atoms with Gasteiger partial charge in [-0.3, -0.25) is 0 Å². The minimum absolute atomic E-state index is 1.02. The van der Waals surface area contributed by atoms with Crippen molar-refractivity contribution in [2.75, 3.05) is 47.4 Å². The molecular weight excluding hydrogens is 248 g/mol. The average Bonchev–Trinajstić information content (AvgIpc) is 2.56. The Morgan fingerprint density at radius 3 is 0.950 bits per heavy atom. The van der Waals surface area contributed by atoms with Gasteiger partial charge >= 0.3 is 0 Å². The second kappa shape index (κ2) is 6.19. The Balaban J connectivity index is 0.000000121. The van der Waals surface area contributed by atoms with E-state index >= 15 is 0 Å². The van der Waals surface area contributed by atoms with Crippen LogP contribution in [0.25, 0.3) is 0 Å². The summed E-state index contributed by atoms with van der Waals surface area (Å²) < 4.78 is 0. The van der Waals surface area contributed by atoms with Crippen LogP contribution in [0.4, 0.5) is 22.7 Å². The molecular formula is C16H20N4. The van der Waals surface area contributed by atoms with Crippen molar-refractivity contribution in [2.45, 2.75) is 0 Å². The number of rotatable bonds is 0. The lowest BCUT2D eigenvalue weighted by atomic mass is 10.2. The van der Waals surface area contributed by atoms with E-state index in [9.17, 15) is 0 Å². The van der Waals surface area contributed by atoms with E-state index in [2.05, 4.69) is 45.5 Å². The van der Waals surface area contributed by atoms with Gasteiger partial charge in [-0.1, -0.05) is 24.3 Å². The third-order valence-corrected chi connectivity index (χ3v) is 3.37. The molecule has 2 aliphatic rings. The highest BCUT2D eigenvalue weighted by molar-refractivity contribution is 5.70. The smallest absolute Gasteiger partial charge is 0.0576 e. The zero-order valence-electron chi connectivity index (χ0n) is 11.4. The molecule has 0 atom stereocenters. The summed E-state index contributed by atoms with van der Waals surface area (Å²) in [6.07, 6.45) is 0. The number of nitrogens with one attached hydrogen (secondary N) is 4. The Morgan fingerprint density at radius 1 is 0.450 bits per heavy atom. The van der Waals surface area contributed by atoms with E-state index < -0.39 is 0 Å². The van der Waals surface area contributed by atoms with Crippen LogP contribution in [0.1, 0.15) is 0 Å². The molecule has 0 bridgehead atoms. The molecule has 2 aromatic carbocycles. The highest BCUT2D eigenvalue weighted by Gasteiger charge is 2.04. The van der Waals surface area contributed by atoms with E-state index in [1.807, 2.05) is 24.3 Å². The molecule has 0 spiro atoms. The summed E-state index contributed by atoms with van der Waals surface area (Å²) >= 11 is 0. The molecule has 4 rings (SSSR count). The third-order valence-electron chi connectivity index (χ3n) is 3.37. The number of para-hydroxylation sites is 4. The largest absolute Gasteiger partial charge is 0.382 e. The molecule has 0 fully saturated rings. The number of anilines is 4. The van der Waals surface area contributed by atoms with Crippen LogP contribution in [0.3, 0.4) is 0 Å². The first-order chi connectivity index (χ1) is 9.93. The molecule has 0 aromatic heterocycles. The molecule has 0 unspecified atom stereocenters. The maximum absolute atomic E-state index is 3.30. The molecule has 104 valence electrons. The highest BCUT2D eigenvalue weighted by Crippen LogP contribution is 2.23. The summed E-state index contributed by atoms with van der Waals surface area (Å²) in [4.78, 5) is 0. The quantitative estimate of drug-likeness (QED) is 0.593. The van der Waals surface area contributed by atoms with Gasteiger partial charge in [-0.2, -0.15) is 0 Å². The Bertz CT molecular complexity index is 466. The van der Waals surface area contributed by atoms with E-state index in [1.165, 1.54) is 22.7 Å². The van der Waals surface area contributed by atoms with Crippen molar-refractivity contribution in [3.63, 3.8) is 0 Å². The molecule has 4 N–H and O–H groups in total. The van der Waals surface area contributed by atoms with Gasteiger partial charge in [0.2, 0.25) is 0 Å². The fourth-order valence-corrected chi connectivity index (χ4v) is 2.37. The summed E-state index contributed by atoms with van der Waals surface area (Å²) in [5.41, 5.74) is 4.87. The van der Waals surface area contributed by atoms with Gasteiger partial charge < -0.3 is 21.3 Å². The molecule has 0 radical (unpaired) electrons. The van der Waals surface area contributed by atoms with Crippen LogP contribution in [0, 0.1) is 0 Å². The second-order valence-electron chi connectivity index (χ2n) is 4.80. The van der Waals surface area contributed by atoms with E-state index in [-0.39, 0.29) is 0 Å². The Kier molecular flexibility index (Phi) is 3.92. The molecule has 20 heavy (non-hydrogen) atoms. The van der Waals surface area contributed by atoms with Crippen molar-refractivity contribution in [3.05, 3.63) is 48.5 Å². The topological polar surface area (TPSA) is 48.1 Å². The monoisotopic (exact) mass is 268 g/mol. The van der Waals surface area contributed by atoms with Gasteiger partial charge in [-0.25, -0.2) is 0 Å². The van der Waals surface area contributed by atoms with E-state index in [1.54, 1.807) is 0 Å². The van der Waals surface area contributed by atoms with Gasteiger partial charge in [0, 0.05) is 26.2 Å². The number of hydrogen-bond donors (Lipinski definition) is 4. The van der Waals surface area contributed by atoms with E-state index in [0.717, 1.165) is 26.2 Å². The second-order valence-corrected chi connectivity index (χ2v) is 4.80. The van der Waals surface area contributed by atoms with Gasteiger partial charge in [0.25, 0.3) is 0 Å². The van der Waals surface area contributed by atoms with Crippen molar-refractivity contribution in [1.82, 2.24) is 0 Å². The number of hydrogen-bond acceptors (Lipinski definition) is 4. The molecule has 0 saturated heterocycles. The summed E-state index contributed by atoms with van der Waals surface area (Å²) in [5, 5.41) is 13.2. The SMILES string of the molecule is c1ccc2c(c1)NCCN2.c1ccc2c(c1)NCCN2. The normalized spacial score (nSPS) is 14.8. The summed E-state index contributed by atoms with van der Waals surface area (Å²) in [5.74, 6) is 0. The van der Waals surface area contributed by atoms with Gasteiger partial charge in [0.1, 0.15) is 0 Å². The molecule has 2 heterocycles. The molecule has 4 nitrogen and oxygen atoms in total. The minimum Gasteiger partial charge on any atom is -0.382 e. The van der Waals surface area contributed by atoms with Crippen molar-refractivity contribution < 1.29 is 0 Å². The molecule has 2 aliphatic heterocycles. The first-order valence-corrected chi connectivity index (χ1v) is 7.07. The predicted molar refractivity (Wildman–Crippen MR) is 86.8 cm³/mol. The number of benzene rings is 2. The summed E-state index contributed by atoms with van der Waals surface area (Å²) in [6.45, 7) is 4.10. The van der Waals surface area contributed by atoms with Gasteiger partial charge in [-0.15, -0.1) is 0 Å². The molecule has 0 amide bonds. The third kappa shape index (κ3) is 2.96. The Hall–Kier alpha value is -2.36. The minimum atomic E-state index is 1.02.